The Morgan fingerprint density at radius 3 is 2.54 bits per heavy atom. The Bertz CT molecular complexity index is 269. The second kappa shape index (κ2) is 5.60. The highest BCUT2D eigenvalue weighted by Crippen LogP contribution is 2.09. The molecule has 2 radical (unpaired) electrons. The molecule has 0 spiro atoms. The largest absolute Gasteiger partial charge is 0.291 e. The molecule has 0 aromatic heterocycles. The molecule has 1 aromatic rings. The second-order valence-electron chi connectivity index (χ2n) is 2.85. The van der Waals surface area contributed by atoms with Gasteiger partial charge in [0.2, 0.25) is 0 Å². The van der Waals surface area contributed by atoms with Crippen molar-refractivity contribution in [3.63, 3.8) is 0 Å². The van der Waals surface area contributed by atoms with Crippen molar-refractivity contribution in [2.45, 2.75) is 12.8 Å². The van der Waals surface area contributed by atoms with Crippen LogP contribution in [0.5, 0.6) is 0 Å². The highest BCUT2D eigenvalue weighted by Gasteiger charge is 2.05. The number of thiocarbonyl (C=S) groups is 1. The van der Waals surface area contributed by atoms with E-state index in [-0.39, 0.29) is 5.92 Å². The van der Waals surface area contributed by atoms with Gasteiger partial charge in [-0.15, -0.1) is 0 Å². The van der Waals surface area contributed by atoms with Crippen LogP contribution >= 0.6 is 12.2 Å². The third-order valence-corrected chi connectivity index (χ3v) is 2.15. The molecule has 0 aliphatic rings. The first-order chi connectivity index (χ1) is 6.36. The van der Waals surface area contributed by atoms with Crippen molar-refractivity contribution >= 4 is 23.9 Å². The van der Waals surface area contributed by atoms with Crippen LogP contribution in [-0.2, 0) is 11.2 Å². The molecule has 13 heavy (non-hydrogen) atoms. The molecule has 0 aliphatic heterocycles. The van der Waals surface area contributed by atoms with Gasteiger partial charge in [-0.2, -0.15) is 0 Å². The van der Waals surface area contributed by atoms with Crippen LogP contribution in [0.1, 0.15) is 12.0 Å². The summed E-state index contributed by atoms with van der Waals surface area (Å²) >= 11 is 4.71. The molecule has 0 bridgehead atoms. The van der Waals surface area contributed by atoms with Crippen LogP contribution in [0.15, 0.2) is 30.3 Å². The Hall–Kier alpha value is -1.02. The van der Waals surface area contributed by atoms with E-state index in [4.69, 9.17) is 12.2 Å². The maximum atomic E-state index is 10.2. The molecule has 1 aromatic carbocycles. The van der Waals surface area contributed by atoms with Crippen molar-refractivity contribution < 1.29 is 4.79 Å². The summed E-state index contributed by atoms with van der Waals surface area (Å²) in [5.41, 5.74) is 1.18. The lowest BCUT2D eigenvalue weighted by Crippen LogP contribution is -2.05. The zero-order chi connectivity index (χ0) is 9.52. The van der Waals surface area contributed by atoms with Crippen LogP contribution in [0.25, 0.3) is 0 Å². The molecule has 0 N–H and O–H groups in total. The Labute approximate surface area is 83.8 Å². The Balaban J connectivity index is 2.56. The van der Waals surface area contributed by atoms with E-state index in [1.54, 1.807) is 0 Å². The van der Waals surface area contributed by atoms with Gasteiger partial charge in [-0.05, 0) is 12.0 Å². The number of benzene rings is 1. The summed E-state index contributed by atoms with van der Waals surface area (Å²) < 4.78 is 0. The van der Waals surface area contributed by atoms with E-state index in [1.165, 1.54) is 5.56 Å². The number of hydrogen-bond donors (Lipinski definition) is 0. The van der Waals surface area contributed by atoms with Crippen molar-refractivity contribution in [2.75, 3.05) is 0 Å². The quantitative estimate of drug-likeness (QED) is 0.662. The lowest BCUT2D eigenvalue weighted by molar-refractivity contribution is 0.542. The van der Waals surface area contributed by atoms with Crippen LogP contribution in [0.2, 0.25) is 0 Å². The van der Waals surface area contributed by atoms with Crippen LogP contribution in [0.3, 0.4) is 0 Å². The highest BCUT2D eigenvalue weighted by molar-refractivity contribution is 7.79. The summed E-state index contributed by atoms with van der Waals surface area (Å²) in [4.78, 5) is 10.2. The number of rotatable bonds is 5. The molecule has 2 heteroatoms. The smallest absolute Gasteiger partial charge is 0.199 e. The molecule has 0 saturated carbocycles. The van der Waals surface area contributed by atoms with Crippen molar-refractivity contribution in [3.05, 3.63) is 35.9 Å². The normalized spacial score (nSPS) is 12.0. The molecule has 0 saturated heterocycles. The van der Waals surface area contributed by atoms with E-state index in [1.807, 2.05) is 36.6 Å². The van der Waals surface area contributed by atoms with Crippen LogP contribution < -0.4 is 0 Å². The van der Waals surface area contributed by atoms with Crippen LogP contribution in [-0.4, -0.2) is 11.7 Å². The van der Waals surface area contributed by atoms with E-state index in [9.17, 15) is 4.79 Å². The van der Waals surface area contributed by atoms with Gasteiger partial charge in [0.15, 0.2) is 6.29 Å². The Morgan fingerprint density at radius 1 is 1.31 bits per heavy atom. The third-order valence-electron chi connectivity index (χ3n) is 1.82. The first kappa shape index (κ1) is 10.1. The second-order valence-corrected chi connectivity index (χ2v) is 3.09. The van der Waals surface area contributed by atoms with Crippen LogP contribution in [0.4, 0.5) is 0 Å². The van der Waals surface area contributed by atoms with Crippen LogP contribution in [0, 0.1) is 5.92 Å². The molecule has 0 heterocycles. The molecule has 0 amide bonds. The fourth-order valence-corrected chi connectivity index (χ4v) is 1.32. The number of hydrogen-bond acceptors (Lipinski definition) is 2. The van der Waals surface area contributed by atoms with E-state index in [0.717, 1.165) is 6.42 Å². The molecule has 1 nitrogen and oxygen atoms in total. The molecule has 1 unspecified atom stereocenters. The first-order valence-electron chi connectivity index (χ1n) is 4.13. The minimum Gasteiger partial charge on any atom is -0.291 e. The molecular formula is C11H10OS. The van der Waals surface area contributed by atoms with Crippen molar-refractivity contribution in [1.82, 2.24) is 0 Å². The summed E-state index contributed by atoms with van der Waals surface area (Å²) in [5.74, 6) is 0.0231. The van der Waals surface area contributed by atoms with E-state index in [0.29, 0.717) is 6.42 Å². The number of carbonyl (C=O) groups excluding carboxylic acids is 1. The molecule has 1 atom stereocenters. The van der Waals surface area contributed by atoms with Gasteiger partial charge in [0.1, 0.15) is 0 Å². The lowest BCUT2D eigenvalue weighted by Gasteiger charge is -2.05. The third kappa shape index (κ3) is 3.47. The minimum absolute atomic E-state index is 0.0231. The van der Waals surface area contributed by atoms with Crippen molar-refractivity contribution in [3.8, 4) is 0 Å². The summed E-state index contributed by atoms with van der Waals surface area (Å²) in [5, 5.41) is 2.67. The Morgan fingerprint density at radius 2 is 2.00 bits per heavy atom. The van der Waals surface area contributed by atoms with Gasteiger partial charge in [0.05, 0.1) is 0 Å². The molecule has 0 aliphatic carbocycles. The lowest BCUT2D eigenvalue weighted by atomic mass is 9.99. The first-order valence-corrected chi connectivity index (χ1v) is 4.54. The van der Waals surface area contributed by atoms with E-state index in [2.05, 4.69) is 5.37 Å². The maximum Gasteiger partial charge on any atom is 0.199 e. The SMILES string of the molecule is O=[C]CC([C]=S)Cc1ccccc1. The summed E-state index contributed by atoms with van der Waals surface area (Å²) in [7, 11) is 0. The zero-order valence-electron chi connectivity index (χ0n) is 7.19. The molecule has 1 rings (SSSR count). The molecular weight excluding hydrogens is 180 g/mol. The van der Waals surface area contributed by atoms with Gasteiger partial charge >= 0.3 is 0 Å². The maximum absolute atomic E-state index is 10.2. The van der Waals surface area contributed by atoms with Crippen molar-refractivity contribution in [1.29, 1.82) is 0 Å². The molecule has 0 fully saturated rings. The predicted molar refractivity (Wildman–Crippen MR) is 56.5 cm³/mol. The fourth-order valence-electron chi connectivity index (χ4n) is 1.15. The van der Waals surface area contributed by atoms with Gasteiger partial charge in [-0.25, -0.2) is 0 Å². The van der Waals surface area contributed by atoms with Gasteiger partial charge in [0, 0.05) is 17.7 Å². The predicted octanol–water partition coefficient (Wildman–Crippen LogP) is 2.22. The summed E-state index contributed by atoms with van der Waals surface area (Å²) in [6.07, 6.45) is 2.98. The van der Waals surface area contributed by atoms with Gasteiger partial charge in [-0.3, -0.25) is 4.79 Å². The average molecular weight is 190 g/mol. The molecule has 66 valence electrons. The highest BCUT2D eigenvalue weighted by atomic mass is 32.1. The summed E-state index contributed by atoms with van der Waals surface area (Å²) in [6, 6.07) is 9.95. The van der Waals surface area contributed by atoms with Gasteiger partial charge in [0.25, 0.3) is 0 Å². The van der Waals surface area contributed by atoms with Gasteiger partial charge in [-0.1, -0.05) is 42.5 Å². The van der Waals surface area contributed by atoms with E-state index >= 15 is 0 Å². The van der Waals surface area contributed by atoms with Gasteiger partial charge < -0.3 is 0 Å². The van der Waals surface area contributed by atoms with E-state index < -0.39 is 0 Å². The zero-order valence-corrected chi connectivity index (χ0v) is 8.01. The average Bonchev–Trinajstić information content (AvgIpc) is 2.19. The summed E-state index contributed by atoms with van der Waals surface area (Å²) in [6.45, 7) is 0. The minimum atomic E-state index is 0.0231. The van der Waals surface area contributed by atoms with Crippen molar-refractivity contribution in [2.24, 2.45) is 5.92 Å². The topological polar surface area (TPSA) is 17.1 Å². The standard InChI is InChI=1S/C11H10OS/c12-7-6-11(9-13)8-10-4-2-1-3-5-10/h1-5,11H,6,8H2. The Kier molecular flexibility index (Phi) is 4.33. The fraction of sp³-hybridized carbons (Fsp3) is 0.273. The monoisotopic (exact) mass is 190 g/mol.